The summed E-state index contributed by atoms with van der Waals surface area (Å²) in [4.78, 5) is 28.9. The first kappa shape index (κ1) is 19.2. The van der Waals surface area contributed by atoms with Gasteiger partial charge in [0, 0.05) is 35.9 Å². The lowest BCUT2D eigenvalue weighted by Gasteiger charge is -2.15. The van der Waals surface area contributed by atoms with Gasteiger partial charge < -0.3 is 22.1 Å². The number of nitrogens with zero attached hydrogens (tertiary/aromatic N) is 4. The van der Waals surface area contributed by atoms with Crippen molar-refractivity contribution in [1.82, 2.24) is 19.9 Å². The monoisotopic (exact) mass is 378 g/mol. The van der Waals surface area contributed by atoms with Gasteiger partial charge in [0.2, 0.25) is 5.95 Å². The van der Waals surface area contributed by atoms with Gasteiger partial charge in [-0.05, 0) is 38.1 Å². The van der Waals surface area contributed by atoms with Crippen molar-refractivity contribution in [2.24, 2.45) is 11.5 Å². The Kier molecular flexibility index (Phi) is 6.07. The summed E-state index contributed by atoms with van der Waals surface area (Å²) < 4.78 is 0. The fourth-order valence-corrected chi connectivity index (χ4v) is 2.59. The van der Waals surface area contributed by atoms with Gasteiger partial charge in [0.05, 0.1) is 0 Å². The maximum atomic E-state index is 11.8. The highest BCUT2D eigenvalue weighted by atomic mass is 16.1. The summed E-state index contributed by atoms with van der Waals surface area (Å²) in [7, 11) is 0. The van der Waals surface area contributed by atoms with Crippen LogP contribution in [0.4, 0.5) is 17.5 Å². The van der Waals surface area contributed by atoms with E-state index in [1.165, 1.54) is 6.20 Å². The molecule has 9 heteroatoms. The van der Waals surface area contributed by atoms with Crippen molar-refractivity contribution < 1.29 is 4.79 Å². The fraction of sp³-hybridized carbons (Fsp3) is 0.211. The zero-order valence-electron chi connectivity index (χ0n) is 15.5. The molecule has 28 heavy (non-hydrogen) atoms. The Hall–Kier alpha value is -3.59. The normalized spacial score (nSPS) is 11.6. The molecule has 0 bridgehead atoms. The first-order valence-electron chi connectivity index (χ1n) is 8.84. The average molecular weight is 378 g/mol. The SMILES string of the molecule is C[C@H](CCN)Nc1ncc(C(N)=O)c(Nc2cccc(-c3ncccn3)c2)n1. The highest BCUT2D eigenvalue weighted by Gasteiger charge is 2.14. The molecule has 1 amide bonds. The number of benzene rings is 1. The number of nitrogens with two attached hydrogens (primary N) is 2. The summed E-state index contributed by atoms with van der Waals surface area (Å²) in [5, 5.41) is 6.30. The van der Waals surface area contributed by atoms with Gasteiger partial charge in [-0.3, -0.25) is 4.79 Å². The van der Waals surface area contributed by atoms with Crippen LogP contribution >= 0.6 is 0 Å². The summed E-state index contributed by atoms with van der Waals surface area (Å²) in [6, 6.07) is 9.33. The smallest absolute Gasteiger partial charge is 0.254 e. The van der Waals surface area contributed by atoms with Crippen LogP contribution in [0.5, 0.6) is 0 Å². The summed E-state index contributed by atoms with van der Waals surface area (Å²) in [5.74, 6) is 0.681. The lowest BCUT2D eigenvalue weighted by atomic mass is 10.2. The number of nitrogens with one attached hydrogen (secondary N) is 2. The van der Waals surface area contributed by atoms with Crippen LogP contribution in [0.15, 0.2) is 48.9 Å². The first-order chi connectivity index (χ1) is 13.6. The highest BCUT2D eigenvalue weighted by molar-refractivity contribution is 5.98. The van der Waals surface area contributed by atoms with Gasteiger partial charge >= 0.3 is 0 Å². The van der Waals surface area contributed by atoms with E-state index >= 15 is 0 Å². The van der Waals surface area contributed by atoms with Gasteiger partial charge in [0.25, 0.3) is 5.91 Å². The number of carbonyl (C=O) groups excluding carboxylic acids is 1. The summed E-state index contributed by atoms with van der Waals surface area (Å²) in [5.41, 5.74) is 12.8. The zero-order valence-corrected chi connectivity index (χ0v) is 15.5. The molecule has 2 aromatic heterocycles. The minimum absolute atomic E-state index is 0.0934. The van der Waals surface area contributed by atoms with Gasteiger partial charge in [-0.15, -0.1) is 0 Å². The number of rotatable bonds is 8. The van der Waals surface area contributed by atoms with Crippen molar-refractivity contribution in [3.63, 3.8) is 0 Å². The minimum Gasteiger partial charge on any atom is -0.365 e. The zero-order chi connectivity index (χ0) is 19.9. The molecule has 6 N–H and O–H groups in total. The lowest BCUT2D eigenvalue weighted by Crippen LogP contribution is -2.22. The predicted octanol–water partition coefficient (Wildman–Crippen LogP) is 1.93. The molecule has 0 spiro atoms. The summed E-state index contributed by atoms with van der Waals surface area (Å²) in [6.07, 6.45) is 5.53. The minimum atomic E-state index is -0.619. The van der Waals surface area contributed by atoms with E-state index in [2.05, 4.69) is 30.6 Å². The number of primary amides is 1. The Balaban J connectivity index is 1.89. The summed E-state index contributed by atoms with van der Waals surface area (Å²) in [6.45, 7) is 2.53. The highest BCUT2D eigenvalue weighted by Crippen LogP contribution is 2.24. The molecular formula is C19H22N8O. The van der Waals surface area contributed by atoms with E-state index in [1.54, 1.807) is 18.5 Å². The van der Waals surface area contributed by atoms with E-state index < -0.39 is 5.91 Å². The third-order valence-electron chi connectivity index (χ3n) is 3.98. The Morgan fingerprint density at radius 2 is 1.96 bits per heavy atom. The van der Waals surface area contributed by atoms with Crippen molar-refractivity contribution in [1.29, 1.82) is 0 Å². The van der Waals surface area contributed by atoms with Crippen LogP contribution in [0.2, 0.25) is 0 Å². The van der Waals surface area contributed by atoms with Crippen LogP contribution < -0.4 is 22.1 Å². The third-order valence-corrected chi connectivity index (χ3v) is 3.98. The van der Waals surface area contributed by atoms with E-state index in [4.69, 9.17) is 11.5 Å². The molecule has 0 radical (unpaired) electrons. The Bertz CT molecular complexity index is 948. The second kappa shape index (κ2) is 8.87. The number of hydrogen-bond donors (Lipinski definition) is 4. The Morgan fingerprint density at radius 3 is 2.68 bits per heavy atom. The standard InChI is InChI=1S/C19H22N8O/c1-12(6-7-20)25-19-24-11-15(16(21)28)18(27-19)26-14-5-2-4-13(10-14)17-22-8-3-9-23-17/h2-5,8-12H,6-7,20H2,1H3,(H2,21,28)(H2,24,25,26,27)/t12-/m1/s1. The van der Waals surface area contributed by atoms with Crippen molar-refractivity contribution in [3.8, 4) is 11.4 Å². The molecule has 144 valence electrons. The number of aromatic nitrogens is 4. The van der Waals surface area contributed by atoms with E-state index in [-0.39, 0.29) is 11.6 Å². The Labute approximate surface area is 162 Å². The number of anilines is 3. The van der Waals surface area contributed by atoms with Crippen LogP contribution in [0, 0.1) is 0 Å². The third kappa shape index (κ3) is 4.77. The first-order valence-corrected chi connectivity index (χ1v) is 8.84. The lowest BCUT2D eigenvalue weighted by molar-refractivity contribution is 0.100. The van der Waals surface area contributed by atoms with E-state index in [0.717, 1.165) is 12.0 Å². The summed E-state index contributed by atoms with van der Waals surface area (Å²) >= 11 is 0. The molecule has 1 atom stereocenters. The van der Waals surface area contributed by atoms with Gasteiger partial charge in [-0.1, -0.05) is 12.1 Å². The fourth-order valence-electron chi connectivity index (χ4n) is 2.59. The molecule has 0 saturated heterocycles. The molecule has 3 rings (SSSR count). The van der Waals surface area contributed by atoms with Crippen molar-refractivity contribution >= 4 is 23.4 Å². The van der Waals surface area contributed by atoms with Crippen LogP contribution in [-0.4, -0.2) is 38.4 Å². The molecule has 0 aliphatic heterocycles. The van der Waals surface area contributed by atoms with Crippen molar-refractivity contribution in [3.05, 3.63) is 54.5 Å². The van der Waals surface area contributed by atoms with Crippen LogP contribution in [-0.2, 0) is 0 Å². The number of carbonyl (C=O) groups is 1. The molecule has 1 aromatic carbocycles. The number of hydrogen-bond acceptors (Lipinski definition) is 8. The molecule has 3 aromatic rings. The second-order valence-corrected chi connectivity index (χ2v) is 6.22. The van der Waals surface area contributed by atoms with Crippen LogP contribution in [0.3, 0.4) is 0 Å². The molecule has 0 unspecified atom stereocenters. The van der Waals surface area contributed by atoms with Crippen molar-refractivity contribution in [2.45, 2.75) is 19.4 Å². The maximum Gasteiger partial charge on any atom is 0.254 e. The molecule has 0 saturated carbocycles. The van der Waals surface area contributed by atoms with Crippen LogP contribution in [0.25, 0.3) is 11.4 Å². The topological polar surface area (TPSA) is 145 Å². The van der Waals surface area contributed by atoms with Crippen LogP contribution in [0.1, 0.15) is 23.7 Å². The molecule has 0 fully saturated rings. The molecule has 2 heterocycles. The maximum absolute atomic E-state index is 11.8. The second-order valence-electron chi connectivity index (χ2n) is 6.22. The number of amides is 1. The molecule has 9 nitrogen and oxygen atoms in total. The molecule has 0 aliphatic carbocycles. The average Bonchev–Trinajstić information content (AvgIpc) is 2.69. The largest absolute Gasteiger partial charge is 0.365 e. The van der Waals surface area contributed by atoms with E-state index in [0.29, 0.717) is 29.8 Å². The van der Waals surface area contributed by atoms with E-state index in [9.17, 15) is 4.79 Å². The van der Waals surface area contributed by atoms with Gasteiger partial charge in [0.15, 0.2) is 5.82 Å². The van der Waals surface area contributed by atoms with Gasteiger partial charge in [-0.25, -0.2) is 15.0 Å². The van der Waals surface area contributed by atoms with E-state index in [1.807, 2.05) is 31.2 Å². The Morgan fingerprint density at radius 1 is 1.18 bits per heavy atom. The van der Waals surface area contributed by atoms with Crippen molar-refractivity contribution in [2.75, 3.05) is 17.2 Å². The molecular weight excluding hydrogens is 356 g/mol. The quantitative estimate of drug-likeness (QED) is 0.465. The predicted molar refractivity (Wildman–Crippen MR) is 108 cm³/mol. The van der Waals surface area contributed by atoms with Gasteiger partial charge in [-0.2, -0.15) is 4.98 Å². The molecule has 0 aliphatic rings. The van der Waals surface area contributed by atoms with Gasteiger partial charge in [0.1, 0.15) is 11.4 Å².